The monoisotopic (exact) mass is 194 g/mol. The van der Waals surface area contributed by atoms with Gasteiger partial charge in [0.15, 0.2) is 6.10 Å². The Hall–Kier alpha value is -0.770. The first-order chi connectivity index (χ1) is 5.57. The molecule has 0 aromatic carbocycles. The van der Waals surface area contributed by atoms with Crippen molar-refractivity contribution in [2.45, 2.75) is 25.9 Å². The van der Waals surface area contributed by atoms with Crippen LogP contribution in [0.5, 0.6) is 0 Å². The minimum Gasteiger partial charge on any atom is -0.479 e. The molecule has 0 aliphatic heterocycles. The van der Waals surface area contributed by atoms with Gasteiger partial charge < -0.3 is 9.84 Å². The molecule has 0 radical (unpaired) electrons. The van der Waals surface area contributed by atoms with Crippen LogP contribution in [0.3, 0.4) is 0 Å². The Balaban J connectivity index is 3.87. The van der Waals surface area contributed by atoms with Crippen LogP contribution >= 0.6 is 11.6 Å². The van der Waals surface area contributed by atoms with Gasteiger partial charge in [0, 0.05) is 12.8 Å². The maximum absolute atomic E-state index is 10.4. The average Bonchev–Trinajstić information content (AvgIpc) is 1.96. The van der Waals surface area contributed by atoms with E-state index in [-0.39, 0.29) is 6.42 Å². The SMILES string of the molecule is CC(=O)O[C@H](CCCCl)C(=O)O. The van der Waals surface area contributed by atoms with E-state index < -0.39 is 18.0 Å². The Morgan fingerprint density at radius 1 is 1.58 bits per heavy atom. The molecular weight excluding hydrogens is 184 g/mol. The topological polar surface area (TPSA) is 63.6 Å². The highest BCUT2D eigenvalue weighted by atomic mass is 35.5. The smallest absolute Gasteiger partial charge is 0.345 e. The Morgan fingerprint density at radius 3 is 2.50 bits per heavy atom. The molecule has 0 rings (SSSR count). The zero-order valence-electron chi connectivity index (χ0n) is 6.75. The molecule has 0 amide bonds. The Kier molecular flexibility index (Phi) is 5.45. The van der Waals surface area contributed by atoms with Crippen molar-refractivity contribution in [1.29, 1.82) is 0 Å². The molecule has 12 heavy (non-hydrogen) atoms. The molecule has 0 aromatic rings. The maximum Gasteiger partial charge on any atom is 0.345 e. The molecule has 0 aliphatic rings. The van der Waals surface area contributed by atoms with E-state index in [1.807, 2.05) is 0 Å². The van der Waals surface area contributed by atoms with Crippen LogP contribution in [0.1, 0.15) is 19.8 Å². The largest absolute Gasteiger partial charge is 0.479 e. The summed E-state index contributed by atoms with van der Waals surface area (Å²) in [5.41, 5.74) is 0. The van der Waals surface area contributed by atoms with E-state index >= 15 is 0 Å². The van der Waals surface area contributed by atoms with Crippen LogP contribution in [0, 0.1) is 0 Å². The number of aliphatic carboxylic acids is 1. The average molecular weight is 195 g/mol. The van der Waals surface area contributed by atoms with Gasteiger partial charge in [-0.15, -0.1) is 11.6 Å². The quantitative estimate of drug-likeness (QED) is 0.524. The van der Waals surface area contributed by atoms with E-state index in [1.165, 1.54) is 6.92 Å². The molecule has 0 heterocycles. The molecule has 0 saturated heterocycles. The number of rotatable bonds is 5. The molecule has 4 nitrogen and oxygen atoms in total. The molecule has 5 heteroatoms. The molecule has 0 saturated carbocycles. The molecule has 0 unspecified atom stereocenters. The van der Waals surface area contributed by atoms with E-state index in [4.69, 9.17) is 16.7 Å². The summed E-state index contributed by atoms with van der Waals surface area (Å²) in [5, 5.41) is 8.53. The number of halogens is 1. The van der Waals surface area contributed by atoms with E-state index in [9.17, 15) is 9.59 Å². The number of esters is 1. The van der Waals surface area contributed by atoms with Crippen molar-refractivity contribution in [2.24, 2.45) is 0 Å². The molecule has 0 aliphatic carbocycles. The first-order valence-electron chi connectivity index (χ1n) is 3.54. The minimum absolute atomic E-state index is 0.262. The lowest BCUT2D eigenvalue weighted by Crippen LogP contribution is -2.25. The molecule has 1 N–H and O–H groups in total. The Morgan fingerprint density at radius 2 is 2.17 bits per heavy atom. The van der Waals surface area contributed by atoms with Gasteiger partial charge in [-0.2, -0.15) is 0 Å². The number of carbonyl (C=O) groups excluding carboxylic acids is 1. The Bertz CT molecular complexity index is 169. The van der Waals surface area contributed by atoms with Crippen molar-refractivity contribution < 1.29 is 19.4 Å². The number of carbonyl (C=O) groups is 2. The van der Waals surface area contributed by atoms with Crippen LogP contribution in [-0.2, 0) is 14.3 Å². The third-order valence-corrected chi connectivity index (χ3v) is 1.45. The van der Waals surface area contributed by atoms with Gasteiger partial charge >= 0.3 is 11.9 Å². The predicted molar refractivity (Wildman–Crippen MR) is 43.1 cm³/mol. The van der Waals surface area contributed by atoms with Gasteiger partial charge in [-0.3, -0.25) is 4.79 Å². The van der Waals surface area contributed by atoms with Crippen LogP contribution in [0.2, 0.25) is 0 Å². The van der Waals surface area contributed by atoms with Crippen molar-refractivity contribution in [2.75, 3.05) is 5.88 Å². The van der Waals surface area contributed by atoms with Gasteiger partial charge in [-0.1, -0.05) is 0 Å². The van der Waals surface area contributed by atoms with Crippen LogP contribution in [0.25, 0.3) is 0 Å². The van der Waals surface area contributed by atoms with Gasteiger partial charge in [0.2, 0.25) is 0 Å². The number of carboxylic acids is 1. The lowest BCUT2D eigenvalue weighted by molar-refractivity contribution is -0.162. The summed E-state index contributed by atoms with van der Waals surface area (Å²) in [7, 11) is 0. The molecule has 0 bridgehead atoms. The summed E-state index contributed by atoms with van der Waals surface area (Å²) in [5.74, 6) is -1.35. The van der Waals surface area contributed by atoms with Crippen molar-refractivity contribution in [3.8, 4) is 0 Å². The molecular formula is C7H11ClO4. The van der Waals surface area contributed by atoms with Crippen LogP contribution in [-0.4, -0.2) is 29.0 Å². The second-order valence-corrected chi connectivity index (χ2v) is 2.65. The second-order valence-electron chi connectivity index (χ2n) is 2.27. The van der Waals surface area contributed by atoms with E-state index in [1.54, 1.807) is 0 Å². The Labute approximate surface area is 75.5 Å². The summed E-state index contributed by atoms with van der Waals surface area (Å²) in [4.78, 5) is 20.8. The van der Waals surface area contributed by atoms with Crippen molar-refractivity contribution in [1.82, 2.24) is 0 Å². The minimum atomic E-state index is -1.13. The van der Waals surface area contributed by atoms with Gasteiger partial charge in [-0.25, -0.2) is 4.79 Å². The summed E-state index contributed by atoms with van der Waals surface area (Å²) >= 11 is 5.35. The number of hydrogen-bond acceptors (Lipinski definition) is 3. The van der Waals surface area contributed by atoms with E-state index in [2.05, 4.69) is 4.74 Å². The highest BCUT2D eigenvalue weighted by Gasteiger charge is 2.19. The summed E-state index contributed by atoms with van der Waals surface area (Å²) in [6.45, 7) is 1.18. The van der Waals surface area contributed by atoms with Crippen molar-refractivity contribution in [3.05, 3.63) is 0 Å². The van der Waals surface area contributed by atoms with E-state index in [0.29, 0.717) is 12.3 Å². The maximum atomic E-state index is 10.4. The normalized spacial score (nSPS) is 12.2. The van der Waals surface area contributed by atoms with E-state index in [0.717, 1.165) is 0 Å². The van der Waals surface area contributed by atoms with Crippen LogP contribution < -0.4 is 0 Å². The lowest BCUT2D eigenvalue weighted by Gasteiger charge is -2.10. The van der Waals surface area contributed by atoms with Crippen molar-refractivity contribution >= 4 is 23.5 Å². The fraction of sp³-hybridized carbons (Fsp3) is 0.714. The fourth-order valence-corrected chi connectivity index (χ4v) is 0.850. The summed E-state index contributed by atoms with van der Waals surface area (Å²) in [6, 6.07) is 0. The molecule has 70 valence electrons. The first-order valence-corrected chi connectivity index (χ1v) is 4.07. The van der Waals surface area contributed by atoms with Gasteiger partial charge in [0.25, 0.3) is 0 Å². The standard InChI is InChI=1S/C7H11ClO4/c1-5(9)12-6(7(10)11)3-2-4-8/h6H,2-4H2,1H3,(H,10,11)/t6-/m1/s1. The van der Waals surface area contributed by atoms with Crippen molar-refractivity contribution in [3.63, 3.8) is 0 Å². The molecule has 1 atom stereocenters. The lowest BCUT2D eigenvalue weighted by atomic mass is 10.2. The zero-order chi connectivity index (χ0) is 9.56. The number of hydrogen-bond donors (Lipinski definition) is 1. The highest BCUT2D eigenvalue weighted by Crippen LogP contribution is 2.04. The van der Waals surface area contributed by atoms with Crippen LogP contribution in [0.4, 0.5) is 0 Å². The first kappa shape index (κ1) is 11.2. The summed E-state index contributed by atoms with van der Waals surface area (Å²) in [6.07, 6.45) is -0.272. The molecule has 0 fully saturated rings. The third kappa shape index (κ3) is 4.96. The highest BCUT2D eigenvalue weighted by molar-refractivity contribution is 6.17. The van der Waals surface area contributed by atoms with Crippen LogP contribution in [0.15, 0.2) is 0 Å². The predicted octanol–water partition coefficient (Wildman–Crippen LogP) is 1.02. The number of alkyl halides is 1. The fourth-order valence-electron chi connectivity index (χ4n) is 0.696. The number of ether oxygens (including phenoxy) is 1. The molecule has 0 spiro atoms. The van der Waals surface area contributed by atoms with Gasteiger partial charge in [0.1, 0.15) is 0 Å². The third-order valence-electron chi connectivity index (χ3n) is 1.18. The zero-order valence-corrected chi connectivity index (χ0v) is 7.50. The summed E-state index contributed by atoms with van der Waals surface area (Å²) < 4.78 is 4.52. The van der Waals surface area contributed by atoms with Gasteiger partial charge in [0.05, 0.1) is 0 Å². The van der Waals surface area contributed by atoms with Gasteiger partial charge in [-0.05, 0) is 12.8 Å². The number of carboxylic acid groups (broad SMARTS) is 1. The second kappa shape index (κ2) is 5.83. The molecule has 0 aromatic heterocycles.